The zero-order valence-electron chi connectivity index (χ0n) is 10.6. The standard InChI is InChI=1S/C12H16N2O4/c1-4-11(15)14-8-6-10(18-3)9(17-2)5-7(8)12(13)16/h5-6H,4H2,1-3H3,(H2,13,16)(H,14,15). The van der Waals surface area contributed by atoms with Gasteiger partial charge < -0.3 is 20.5 Å². The van der Waals surface area contributed by atoms with Gasteiger partial charge >= 0.3 is 0 Å². The van der Waals surface area contributed by atoms with E-state index in [1.54, 1.807) is 6.92 Å². The molecule has 0 aliphatic heterocycles. The molecule has 2 amide bonds. The molecule has 18 heavy (non-hydrogen) atoms. The lowest BCUT2D eigenvalue weighted by atomic mass is 10.1. The SMILES string of the molecule is CCC(=O)Nc1cc(OC)c(OC)cc1C(N)=O. The van der Waals surface area contributed by atoms with E-state index in [1.807, 2.05) is 0 Å². The molecule has 0 saturated heterocycles. The number of hydrogen-bond acceptors (Lipinski definition) is 4. The van der Waals surface area contributed by atoms with Crippen molar-refractivity contribution in [2.24, 2.45) is 5.73 Å². The largest absolute Gasteiger partial charge is 0.493 e. The van der Waals surface area contributed by atoms with E-state index >= 15 is 0 Å². The Hall–Kier alpha value is -2.24. The molecule has 0 aliphatic carbocycles. The van der Waals surface area contributed by atoms with Gasteiger partial charge in [0, 0.05) is 12.5 Å². The van der Waals surface area contributed by atoms with Crippen LogP contribution in [0, 0.1) is 0 Å². The molecule has 0 heterocycles. The Morgan fingerprint density at radius 3 is 2.22 bits per heavy atom. The van der Waals surface area contributed by atoms with Crippen LogP contribution in [-0.2, 0) is 4.79 Å². The Labute approximate surface area is 105 Å². The van der Waals surface area contributed by atoms with Crippen molar-refractivity contribution in [1.82, 2.24) is 0 Å². The third-order valence-corrected chi connectivity index (χ3v) is 2.38. The van der Waals surface area contributed by atoms with Crippen LogP contribution in [0.4, 0.5) is 5.69 Å². The highest BCUT2D eigenvalue weighted by atomic mass is 16.5. The highest BCUT2D eigenvalue weighted by molar-refractivity contribution is 6.03. The Morgan fingerprint density at radius 2 is 1.78 bits per heavy atom. The predicted octanol–water partition coefficient (Wildman–Crippen LogP) is 1.15. The lowest BCUT2D eigenvalue weighted by molar-refractivity contribution is -0.115. The molecule has 1 aromatic rings. The molecule has 1 aromatic carbocycles. The van der Waals surface area contributed by atoms with E-state index < -0.39 is 5.91 Å². The Kier molecular flexibility index (Phi) is 4.53. The lowest BCUT2D eigenvalue weighted by Crippen LogP contribution is -2.18. The smallest absolute Gasteiger partial charge is 0.250 e. The van der Waals surface area contributed by atoms with Crippen LogP contribution in [0.3, 0.4) is 0 Å². The molecule has 0 bridgehead atoms. The molecule has 0 aromatic heterocycles. The summed E-state index contributed by atoms with van der Waals surface area (Å²) >= 11 is 0. The predicted molar refractivity (Wildman–Crippen MR) is 67.0 cm³/mol. The molecule has 6 heteroatoms. The van der Waals surface area contributed by atoms with Crippen molar-refractivity contribution in [3.63, 3.8) is 0 Å². The minimum atomic E-state index is -0.651. The van der Waals surface area contributed by atoms with Gasteiger partial charge in [-0.25, -0.2) is 0 Å². The van der Waals surface area contributed by atoms with Crippen molar-refractivity contribution in [3.05, 3.63) is 17.7 Å². The van der Waals surface area contributed by atoms with Crippen LogP contribution in [0.2, 0.25) is 0 Å². The summed E-state index contributed by atoms with van der Waals surface area (Å²) in [5.41, 5.74) is 5.75. The Balaban J connectivity index is 3.28. The first-order valence-electron chi connectivity index (χ1n) is 5.39. The lowest BCUT2D eigenvalue weighted by Gasteiger charge is -2.13. The number of ether oxygens (including phenoxy) is 2. The molecular formula is C12H16N2O4. The molecule has 0 fully saturated rings. The van der Waals surface area contributed by atoms with Crippen LogP contribution < -0.4 is 20.5 Å². The molecule has 1 rings (SSSR count). The number of carbonyl (C=O) groups excluding carboxylic acids is 2. The summed E-state index contributed by atoms with van der Waals surface area (Å²) in [5, 5.41) is 2.59. The van der Waals surface area contributed by atoms with E-state index in [0.29, 0.717) is 23.6 Å². The van der Waals surface area contributed by atoms with E-state index in [4.69, 9.17) is 15.2 Å². The van der Waals surface area contributed by atoms with Crippen molar-refractivity contribution >= 4 is 17.5 Å². The van der Waals surface area contributed by atoms with Gasteiger partial charge in [0.15, 0.2) is 11.5 Å². The van der Waals surface area contributed by atoms with E-state index in [0.717, 1.165) is 0 Å². The molecule has 0 unspecified atom stereocenters. The number of benzene rings is 1. The van der Waals surface area contributed by atoms with Gasteiger partial charge in [-0.15, -0.1) is 0 Å². The minimum Gasteiger partial charge on any atom is -0.493 e. The van der Waals surface area contributed by atoms with E-state index in [1.165, 1.54) is 26.4 Å². The van der Waals surface area contributed by atoms with Crippen molar-refractivity contribution in [3.8, 4) is 11.5 Å². The highest BCUT2D eigenvalue weighted by Crippen LogP contribution is 2.33. The molecule has 6 nitrogen and oxygen atoms in total. The molecule has 0 saturated carbocycles. The summed E-state index contributed by atoms with van der Waals surface area (Å²) in [7, 11) is 2.92. The highest BCUT2D eigenvalue weighted by Gasteiger charge is 2.16. The summed E-state index contributed by atoms with van der Waals surface area (Å²) < 4.78 is 10.2. The van der Waals surface area contributed by atoms with Gasteiger partial charge in [-0.05, 0) is 6.07 Å². The zero-order valence-corrected chi connectivity index (χ0v) is 10.6. The maximum absolute atomic E-state index is 11.4. The van der Waals surface area contributed by atoms with Crippen LogP contribution in [0.1, 0.15) is 23.7 Å². The summed E-state index contributed by atoms with van der Waals surface area (Å²) in [5.74, 6) is -0.0817. The third kappa shape index (κ3) is 2.91. The quantitative estimate of drug-likeness (QED) is 0.822. The maximum atomic E-state index is 11.4. The second-order valence-electron chi connectivity index (χ2n) is 3.52. The fraction of sp³-hybridized carbons (Fsp3) is 0.333. The molecule has 0 aliphatic rings. The number of nitrogens with one attached hydrogen (secondary N) is 1. The summed E-state index contributed by atoms with van der Waals surface area (Å²) in [6.07, 6.45) is 0.298. The van der Waals surface area contributed by atoms with Gasteiger partial charge in [-0.2, -0.15) is 0 Å². The van der Waals surface area contributed by atoms with Crippen LogP contribution >= 0.6 is 0 Å². The fourth-order valence-electron chi connectivity index (χ4n) is 1.42. The maximum Gasteiger partial charge on any atom is 0.250 e. The van der Waals surface area contributed by atoms with Crippen molar-refractivity contribution in [2.75, 3.05) is 19.5 Å². The zero-order chi connectivity index (χ0) is 13.7. The normalized spacial score (nSPS) is 9.72. The van der Waals surface area contributed by atoms with Gasteiger partial charge in [-0.1, -0.05) is 6.92 Å². The summed E-state index contributed by atoms with van der Waals surface area (Å²) in [4.78, 5) is 22.7. The number of carbonyl (C=O) groups is 2. The third-order valence-electron chi connectivity index (χ3n) is 2.38. The second kappa shape index (κ2) is 5.90. The van der Waals surface area contributed by atoms with Gasteiger partial charge in [0.05, 0.1) is 25.5 Å². The number of hydrogen-bond donors (Lipinski definition) is 2. The topological polar surface area (TPSA) is 90.7 Å². The van der Waals surface area contributed by atoms with Crippen molar-refractivity contribution in [2.45, 2.75) is 13.3 Å². The molecule has 0 spiro atoms. The number of methoxy groups -OCH3 is 2. The monoisotopic (exact) mass is 252 g/mol. The van der Waals surface area contributed by atoms with Crippen LogP contribution in [-0.4, -0.2) is 26.0 Å². The van der Waals surface area contributed by atoms with Crippen LogP contribution in [0.15, 0.2) is 12.1 Å². The van der Waals surface area contributed by atoms with Crippen molar-refractivity contribution < 1.29 is 19.1 Å². The number of primary amides is 1. The Morgan fingerprint density at radius 1 is 1.22 bits per heavy atom. The molecule has 98 valence electrons. The summed E-state index contributed by atoms with van der Waals surface area (Å²) in [6.45, 7) is 1.71. The van der Waals surface area contributed by atoms with Gasteiger partial charge in [-0.3, -0.25) is 9.59 Å². The van der Waals surface area contributed by atoms with Gasteiger partial charge in [0.25, 0.3) is 5.91 Å². The van der Waals surface area contributed by atoms with E-state index in [-0.39, 0.29) is 11.5 Å². The van der Waals surface area contributed by atoms with Gasteiger partial charge in [0.1, 0.15) is 0 Å². The molecular weight excluding hydrogens is 236 g/mol. The first kappa shape index (κ1) is 13.8. The first-order valence-corrected chi connectivity index (χ1v) is 5.39. The minimum absolute atomic E-state index is 0.175. The Bertz CT molecular complexity index is 471. The number of nitrogens with two attached hydrogens (primary N) is 1. The number of amides is 2. The summed E-state index contributed by atoms with van der Waals surface area (Å²) in [6, 6.07) is 2.94. The molecule has 0 atom stereocenters. The van der Waals surface area contributed by atoms with E-state index in [9.17, 15) is 9.59 Å². The van der Waals surface area contributed by atoms with Crippen molar-refractivity contribution in [1.29, 1.82) is 0 Å². The average molecular weight is 252 g/mol. The van der Waals surface area contributed by atoms with Gasteiger partial charge in [0.2, 0.25) is 5.91 Å². The fourth-order valence-corrected chi connectivity index (χ4v) is 1.42. The second-order valence-corrected chi connectivity index (χ2v) is 3.52. The van der Waals surface area contributed by atoms with Crippen LogP contribution in [0.5, 0.6) is 11.5 Å². The van der Waals surface area contributed by atoms with E-state index in [2.05, 4.69) is 5.32 Å². The molecule has 3 N–H and O–H groups in total. The molecule has 0 radical (unpaired) electrons. The average Bonchev–Trinajstić information content (AvgIpc) is 2.37. The van der Waals surface area contributed by atoms with Crippen LogP contribution in [0.25, 0.3) is 0 Å². The first-order chi connectivity index (χ1) is 8.53. The number of anilines is 1. The number of rotatable bonds is 5.